The number of amides is 1. The molecule has 4 heteroatoms. The first-order valence-electron chi connectivity index (χ1n) is 8.37. The second-order valence-corrected chi connectivity index (χ2v) is 6.41. The van der Waals surface area contributed by atoms with E-state index in [2.05, 4.69) is 5.10 Å². The molecular formula is C21H18N2O2. The second kappa shape index (κ2) is 5.81. The van der Waals surface area contributed by atoms with Gasteiger partial charge in [-0.25, -0.2) is 0 Å². The van der Waals surface area contributed by atoms with Crippen molar-refractivity contribution in [3.63, 3.8) is 0 Å². The van der Waals surface area contributed by atoms with Crippen LogP contribution in [0.2, 0.25) is 0 Å². The monoisotopic (exact) mass is 330 g/mol. The summed E-state index contributed by atoms with van der Waals surface area (Å²) >= 11 is 0. The van der Waals surface area contributed by atoms with E-state index in [0.29, 0.717) is 17.8 Å². The Morgan fingerprint density at radius 2 is 1.64 bits per heavy atom. The number of hydrazone groups is 1. The highest BCUT2D eigenvalue weighted by Crippen LogP contribution is 2.48. The third-order valence-corrected chi connectivity index (χ3v) is 5.11. The topological polar surface area (TPSA) is 49.7 Å². The van der Waals surface area contributed by atoms with Crippen LogP contribution in [0.25, 0.3) is 0 Å². The van der Waals surface area contributed by atoms with Gasteiger partial charge in [0.2, 0.25) is 0 Å². The number of para-hydroxylation sites is 1. The van der Waals surface area contributed by atoms with Gasteiger partial charge in [0.1, 0.15) is 0 Å². The predicted molar refractivity (Wildman–Crippen MR) is 97.4 cm³/mol. The maximum absolute atomic E-state index is 13.4. The Labute approximate surface area is 146 Å². The van der Waals surface area contributed by atoms with Crippen molar-refractivity contribution in [1.82, 2.24) is 0 Å². The number of hydrogen-bond donors (Lipinski definition) is 0. The number of nitrogens with zero attached hydrogens (tertiary/aromatic N) is 2. The molecule has 0 unspecified atom stereocenters. The van der Waals surface area contributed by atoms with Crippen LogP contribution in [0.1, 0.15) is 24.8 Å². The lowest BCUT2D eigenvalue weighted by Crippen LogP contribution is -2.50. The first-order chi connectivity index (χ1) is 12.2. The summed E-state index contributed by atoms with van der Waals surface area (Å²) in [6, 6.07) is 19.0. The molecular weight excluding hydrogens is 312 g/mol. The van der Waals surface area contributed by atoms with Crippen LogP contribution >= 0.6 is 0 Å². The van der Waals surface area contributed by atoms with E-state index < -0.39 is 5.41 Å². The Morgan fingerprint density at radius 1 is 1.00 bits per heavy atom. The molecule has 0 fully saturated rings. The molecule has 25 heavy (non-hydrogen) atoms. The molecule has 1 spiro atoms. The fraction of sp³-hybridized carbons (Fsp3) is 0.190. The SMILES string of the molecule is CC1=NN(c2ccccc2)C(=O)[C@@]12C(=O)C=CC[C@H]2c1ccccc1. The van der Waals surface area contributed by atoms with Crippen LogP contribution in [0.5, 0.6) is 0 Å². The van der Waals surface area contributed by atoms with Crippen molar-refractivity contribution in [3.05, 3.63) is 78.4 Å². The number of ketones is 1. The predicted octanol–water partition coefficient (Wildman–Crippen LogP) is 3.71. The quantitative estimate of drug-likeness (QED) is 0.788. The third-order valence-electron chi connectivity index (χ3n) is 5.11. The number of hydrogen-bond acceptors (Lipinski definition) is 3. The fourth-order valence-corrected chi connectivity index (χ4v) is 3.89. The Hall–Kier alpha value is -3.01. The Kier molecular flexibility index (Phi) is 3.61. The summed E-state index contributed by atoms with van der Waals surface area (Å²) in [7, 11) is 0. The molecule has 124 valence electrons. The zero-order valence-electron chi connectivity index (χ0n) is 13.9. The largest absolute Gasteiger partial charge is 0.293 e. The van der Waals surface area contributed by atoms with Gasteiger partial charge in [-0.15, -0.1) is 0 Å². The number of carbonyl (C=O) groups is 2. The molecule has 0 bridgehead atoms. The van der Waals surface area contributed by atoms with E-state index in [1.54, 1.807) is 6.92 Å². The maximum Gasteiger partial charge on any atom is 0.267 e. The zero-order valence-corrected chi connectivity index (χ0v) is 13.9. The Morgan fingerprint density at radius 3 is 2.32 bits per heavy atom. The summed E-state index contributed by atoms with van der Waals surface area (Å²) in [5.74, 6) is -0.687. The smallest absolute Gasteiger partial charge is 0.267 e. The minimum absolute atomic E-state index is 0.183. The van der Waals surface area contributed by atoms with Crippen molar-refractivity contribution >= 4 is 23.1 Å². The van der Waals surface area contributed by atoms with E-state index in [-0.39, 0.29) is 17.6 Å². The highest BCUT2D eigenvalue weighted by molar-refractivity contribution is 6.34. The number of carbonyl (C=O) groups excluding carboxylic acids is 2. The van der Waals surface area contributed by atoms with E-state index >= 15 is 0 Å². The summed E-state index contributed by atoms with van der Waals surface area (Å²) in [4.78, 5) is 26.4. The summed E-state index contributed by atoms with van der Waals surface area (Å²) in [6.07, 6.45) is 4.03. The summed E-state index contributed by atoms with van der Waals surface area (Å²) in [6.45, 7) is 1.79. The molecule has 1 aliphatic carbocycles. The molecule has 1 amide bonds. The first-order valence-corrected chi connectivity index (χ1v) is 8.37. The van der Waals surface area contributed by atoms with Crippen LogP contribution in [-0.4, -0.2) is 17.4 Å². The van der Waals surface area contributed by atoms with Gasteiger partial charge < -0.3 is 0 Å². The Bertz CT molecular complexity index is 887. The van der Waals surface area contributed by atoms with E-state index in [4.69, 9.17) is 0 Å². The molecule has 0 N–H and O–H groups in total. The van der Waals surface area contributed by atoms with E-state index in [1.165, 1.54) is 11.1 Å². The number of benzene rings is 2. The van der Waals surface area contributed by atoms with Gasteiger partial charge in [0.05, 0.1) is 11.4 Å². The van der Waals surface area contributed by atoms with E-state index in [0.717, 1.165) is 5.56 Å². The van der Waals surface area contributed by atoms with Crippen LogP contribution in [0.4, 0.5) is 5.69 Å². The highest BCUT2D eigenvalue weighted by atomic mass is 16.2. The molecule has 0 saturated heterocycles. The summed E-state index contributed by atoms with van der Waals surface area (Å²) in [5.41, 5.74) is 0.979. The van der Waals surface area contributed by atoms with Gasteiger partial charge in [-0.3, -0.25) is 9.59 Å². The normalized spacial score (nSPS) is 25.6. The van der Waals surface area contributed by atoms with Gasteiger partial charge in [-0.05, 0) is 37.1 Å². The lowest BCUT2D eigenvalue weighted by Gasteiger charge is -2.36. The molecule has 1 aliphatic heterocycles. The van der Waals surface area contributed by atoms with Crippen molar-refractivity contribution in [2.75, 3.05) is 5.01 Å². The van der Waals surface area contributed by atoms with Crippen LogP contribution in [0, 0.1) is 5.41 Å². The highest BCUT2D eigenvalue weighted by Gasteiger charge is 2.60. The van der Waals surface area contributed by atoms with E-state index in [9.17, 15) is 9.59 Å². The molecule has 4 rings (SSSR count). The number of allylic oxidation sites excluding steroid dienone is 2. The molecule has 2 aromatic carbocycles. The Balaban J connectivity index is 1.86. The lowest BCUT2D eigenvalue weighted by molar-refractivity contribution is -0.134. The van der Waals surface area contributed by atoms with Crippen LogP contribution in [-0.2, 0) is 9.59 Å². The van der Waals surface area contributed by atoms with Gasteiger partial charge in [0.15, 0.2) is 11.2 Å². The lowest BCUT2D eigenvalue weighted by atomic mass is 9.62. The zero-order chi connectivity index (χ0) is 17.4. The van der Waals surface area contributed by atoms with Crippen molar-refractivity contribution in [2.24, 2.45) is 10.5 Å². The van der Waals surface area contributed by atoms with Crippen molar-refractivity contribution in [2.45, 2.75) is 19.3 Å². The summed E-state index contributed by atoms with van der Waals surface area (Å²) < 4.78 is 0. The van der Waals surface area contributed by atoms with Gasteiger partial charge in [-0.1, -0.05) is 54.6 Å². The van der Waals surface area contributed by atoms with Gasteiger partial charge in [0, 0.05) is 5.92 Å². The van der Waals surface area contributed by atoms with Crippen molar-refractivity contribution < 1.29 is 9.59 Å². The minimum Gasteiger partial charge on any atom is -0.293 e. The standard InChI is InChI=1S/C21H18N2O2/c1-15-21(20(25)23(22-15)17-11-6-3-7-12-17)18(13-8-14-19(21)24)16-9-4-2-5-10-16/h2-12,14,18H,13H2,1H3/t18-,21-/m0/s1. The first kappa shape index (κ1) is 15.5. The molecule has 0 aromatic heterocycles. The molecule has 1 heterocycles. The molecule has 4 nitrogen and oxygen atoms in total. The number of anilines is 1. The second-order valence-electron chi connectivity index (χ2n) is 6.41. The van der Waals surface area contributed by atoms with Crippen LogP contribution in [0.3, 0.4) is 0 Å². The molecule has 0 saturated carbocycles. The fourth-order valence-electron chi connectivity index (χ4n) is 3.89. The molecule has 0 radical (unpaired) electrons. The van der Waals surface area contributed by atoms with Crippen LogP contribution in [0.15, 0.2) is 77.9 Å². The van der Waals surface area contributed by atoms with Gasteiger partial charge in [0.25, 0.3) is 5.91 Å². The molecule has 2 aliphatic rings. The average Bonchev–Trinajstić information content (AvgIpc) is 2.91. The molecule has 2 atom stereocenters. The van der Waals surface area contributed by atoms with Crippen LogP contribution < -0.4 is 5.01 Å². The van der Waals surface area contributed by atoms with Gasteiger partial charge >= 0.3 is 0 Å². The van der Waals surface area contributed by atoms with Crippen molar-refractivity contribution in [3.8, 4) is 0 Å². The third kappa shape index (κ3) is 2.18. The average molecular weight is 330 g/mol. The van der Waals surface area contributed by atoms with E-state index in [1.807, 2.05) is 66.7 Å². The van der Waals surface area contributed by atoms with Gasteiger partial charge in [-0.2, -0.15) is 10.1 Å². The van der Waals surface area contributed by atoms with Crippen molar-refractivity contribution in [1.29, 1.82) is 0 Å². The molecule has 2 aromatic rings. The maximum atomic E-state index is 13.4. The number of rotatable bonds is 2. The minimum atomic E-state index is -1.24. The summed E-state index contributed by atoms with van der Waals surface area (Å²) in [5, 5.41) is 5.87.